The van der Waals surface area contributed by atoms with Crippen molar-refractivity contribution in [2.24, 2.45) is 0 Å². The number of aryl methyl sites for hydroxylation is 2. The molecular weight excluding hydrogens is 424 g/mol. The number of nitrogens with zero attached hydrogens (tertiary/aromatic N) is 3. The van der Waals surface area contributed by atoms with Crippen molar-refractivity contribution in [3.63, 3.8) is 0 Å². The van der Waals surface area contributed by atoms with Gasteiger partial charge in [0.15, 0.2) is 22.5 Å². The van der Waals surface area contributed by atoms with Gasteiger partial charge < -0.3 is 14.8 Å². The van der Waals surface area contributed by atoms with Crippen molar-refractivity contribution < 1.29 is 14.3 Å². The number of hydrogen-bond acceptors (Lipinski definition) is 6. The van der Waals surface area contributed by atoms with Crippen LogP contribution in [-0.2, 0) is 17.9 Å². The van der Waals surface area contributed by atoms with Crippen molar-refractivity contribution in [2.45, 2.75) is 39.1 Å². The zero-order valence-corrected chi connectivity index (χ0v) is 19.4. The molecule has 0 aliphatic rings. The quantitative estimate of drug-likeness (QED) is 0.333. The number of amides is 1. The molecule has 0 aliphatic heterocycles. The number of anilines is 1. The molecule has 168 valence electrons. The van der Waals surface area contributed by atoms with Gasteiger partial charge in [-0.25, -0.2) is 0 Å². The molecule has 3 rings (SSSR count). The minimum absolute atomic E-state index is 0.104. The maximum Gasteiger partial charge on any atom is 0.234 e. The fourth-order valence-electron chi connectivity index (χ4n) is 3.04. The Labute approximate surface area is 192 Å². The van der Waals surface area contributed by atoms with Crippen LogP contribution in [0.1, 0.15) is 23.9 Å². The average molecular weight is 453 g/mol. The molecule has 1 N–H and O–H groups in total. The predicted octanol–water partition coefficient (Wildman–Crippen LogP) is 4.79. The molecule has 0 spiro atoms. The van der Waals surface area contributed by atoms with E-state index in [1.807, 2.05) is 67.8 Å². The number of ether oxygens (including phenoxy) is 2. The molecule has 3 aromatic rings. The first-order valence-electron chi connectivity index (χ1n) is 10.4. The molecule has 0 aliphatic carbocycles. The van der Waals surface area contributed by atoms with Gasteiger partial charge in [-0.1, -0.05) is 36.0 Å². The zero-order chi connectivity index (χ0) is 22.9. The number of carbonyl (C=O) groups is 1. The second kappa shape index (κ2) is 11.4. The Hall–Kier alpha value is -3.26. The minimum atomic E-state index is -0.104. The Balaban J connectivity index is 1.65. The molecule has 0 atom stereocenters. The van der Waals surface area contributed by atoms with Gasteiger partial charge in [0.05, 0.1) is 12.4 Å². The van der Waals surface area contributed by atoms with Crippen molar-refractivity contribution in [1.82, 2.24) is 14.8 Å². The molecule has 0 saturated carbocycles. The van der Waals surface area contributed by atoms with E-state index >= 15 is 0 Å². The van der Waals surface area contributed by atoms with Gasteiger partial charge in [-0.05, 0) is 56.2 Å². The van der Waals surface area contributed by atoms with Gasteiger partial charge >= 0.3 is 0 Å². The van der Waals surface area contributed by atoms with E-state index in [4.69, 9.17) is 9.47 Å². The molecule has 0 radical (unpaired) electrons. The first kappa shape index (κ1) is 23.4. The van der Waals surface area contributed by atoms with E-state index in [-0.39, 0.29) is 18.3 Å². The van der Waals surface area contributed by atoms with Crippen LogP contribution in [0.3, 0.4) is 0 Å². The molecule has 32 heavy (non-hydrogen) atoms. The molecule has 7 nitrogen and oxygen atoms in total. The Morgan fingerprint density at radius 1 is 1.12 bits per heavy atom. The van der Waals surface area contributed by atoms with Crippen molar-refractivity contribution >= 4 is 23.4 Å². The maximum absolute atomic E-state index is 12.4. The monoisotopic (exact) mass is 452 g/mol. The third-order valence-corrected chi connectivity index (χ3v) is 5.46. The molecule has 0 unspecified atom stereocenters. The molecule has 1 amide bonds. The highest BCUT2D eigenvalue weighted by molar-refractivity contribution is 7.99. The van der Waals surface area contributed by atoms with Crippen LogP contribution in [-0.4, -0.2) is 33.0 Å². The highest BCUT2D eigenvalue weighted by atomic mass is 32.2. The number of hydrogen-bond donors (Lipinski definition) is 1. The summed E-state index contributed by atoms with van der Waals surface area (Å²) in [5.41, 5.74) is 2.96. The fourth-order valence-corrected chi connectivity index (χ4v) is 3.81. The van der Waals surface area contributed by atoms with E-state index < -0.39 is 0 Å². The highest BCUT2D eigenvalue weighted by Crippen LogP contribution is 2.29. The smallest absolute Gasteiger partial charge is 0.234 e. The van der Waals surface area contributed by atoms with Crippen LogP contribution >= 0.6 is 11.8 Å². The molecule has 1 aromatic heterocycles. The number of carbonyl (C=O) groups excluding carboxylic acids is 1. The molecule has 2 aromatic carbocycles. The number of thioether (sulfide) groups is 1. The summed E-state index contributed by atoms with van der Waals surface area (Å²) in [6, 6.07) is 13.5. The van der Waals surface area contributed by atoms with Gasteiger partial charge in [0.25, 0.3) is 0 Å². The normalized spacial score (nSPS) is 10.6. The lowest BCUT2D eigenvalue weighted by Gasteiger charge is -2.13. The van der Waals surface area contributed by atoms with E-state index in [0.717, 1.165) is 16.8 Å². The van der Waals surface area contributed by atoms with Crippen LogP contribution < -0.4 is 14.8 Å². The summed E-state index contributed by atoms with van der Waals surface area (Å²) in [6.07, 6.45) is 1.77. The predicted molar refractivity (Wildman–Crippen MR) is 127 cm³/mol. The molecule has 8 heteroatoms. The van der Waals surface area contributed by atoms with Gasteiger partial charge in [0, 0.05) is 12.2 Å². The van der Waals surface area contributed by atoms with Crippen LogP contribution in [0.15, 0.2) is 60.3 Å². The number of allylic oxidation sites excluding steroid dienone is 1. The lowest BCUT2D eigenvalue weighted by atomic mass is 10.2. The summed E-state index contributed by atoms with van der Waals surface area (Å²) in [7, 11) is 0. The summed E-state index contributed by atoms with van der Waals surface area (Å²) >= 11 is 1.32. The standard InChI is InChI=1S/C24H28N4O3S/c1-5-12-28-22(15-31-20-11-10-18(4)14-21(20)30-6-2)26-27-24(28)32-16-23(29)25-19-9-7-8-17(3)13-19/h5,7-11,13-14H,1,6,12,15-16H2,2-4H3,(H,25,29). The van der Waals surface area contributed by atoms with Crippen molar-refractivity contribution in [3.05, 3.63) is 72.1 Å². The van der Waals surface area contributed by atoms with Crippen LogP contribution in [0, 0.1) is 13.8 Å². The molecule has 1 heterocycles. The number of rotatable bonds is 11. The second-order valence-corrected chi connectivity index (χ2v) is 8.12. The molecule has 0 saturated heterocycles. The average Bonchev–Trinajstić information content (AvgIpc) is 3.14. The number of aromatic nitrogens is 3. The van der Waals surface area contributed by atoms with Gasteiger partial charge in [0.2, 0.25) is 5.91 Å². The summed E-state index contributed by atoms with van der Waals surface area (Å²) in [4.78, 5) is 12.4. The van der Waals surface area contributed by atoms with E-state index in [9.17, 15) is 4.79 Å². The highest BCUT2D eigenvalue weighted by Gasteiger charge is 2.15. The maximum atomic E-state index is 12.4. The molecular formula is C24H28N4O3S. The van der Waals surface area contributed by atoms with Gasteiger partial charge in [-0.3, -0.25) is 9.36 Å². The summed E-state index contributed by atoms with van der Waals surface area (Å²) in [5, 5.41) is 12.1. The second-order valence-electron chi connectivity index (χ2n) is 7.18. The summed E-state index contributed by atoms with van der Waals surface area (Å²) in [5.74, 6) is 2.11. The van der Waals surface area contributed by atoms with Crippen LogP contribution in [0.5, 0.6) is 11.5 Å². The third kappa shape index (κ3) is 6.37. The van der Waals surface area contributed by atoms with Gasteiger partial charge in [-0.2, -0.15) is 0 Å². The Kier molecular flexibility index (Phi) is 8.33. The van der Waals surface area contributed by atoms with E-state index in [1.54, 1.807) is 6.08 Å². The largest absolute Gasteiger partial charge is 0.490 e. The molecule has 0 fully saturated rings. The van der Waals surface area contributed by atoms with E-state index in [0.29, 0.717) is 35.6 Å². The van der Waals surface area contributed by atoms with Gasteiger partial charge in [-0.15, -0.1) is 16.8 Å². The SMILES string of the molecule is C=CCn1c(COc2ccc(C)cc2OCC)nnc1SCC(=O)Nc1cccc(C)c1. The first-order chi connectivity index (χ1) is 15.5. The number of benzene rings is 2. The van der Waals surface area contributed by atoms with Crippen LogP contribution in [0.4, 0.5) is 5.69 Å². The van der Waals surface area contributed by atoms with Crippen molar-refractivity contribution in [1.29, 1.82) is 0 Å². The van der Waals surface area contributed by atoms with E-state index in [1.165, 1.54) is 11.8 Å². The Morgan fingerprint density at radius 2 is 1.94 bits per heavy atom. The van der Waals surface area contributed by atoms with E-state index in [2.05, 4.69) is 22.1 Å². The first-order valence-corrected chi connectivity index (χ1v) is 11.4. The third-order valence-electron chi connectivity index (χ3n) is 4.50. The van der Waals surface area contributed by atoms with Crippen LogP contribution in [0.2, 0.25) is 0 Å². The topological polar surface area (TPSA) is 78.3 Å². The summed E-state index contributed by atoms with van der Waals surface area (Å²) in [6.45, 7) is 11.0. The minimum Gasteiger partial charge on any atom is -0.490 e. The zero-order valence-electron chi connectivity index (χ0n) is 18.6. The van der Waals surface area contributed by atoms with Crippen LogP contribution in [0.25, 0.3) is 0 Å². The van der Waals surface area contributed by atoms with Crippen molar-refractivity contribution in [3.8, 4) is 11.5 Å². The lowest BCUT2D eigenvalue weighted by molar-refractivity contribution is -0.113. The fraction of sp³-hybridized carbons (Fsp3) is 0.292. The summed E-state index contributed by atoms with van der Waals surface area (Å²) < 4.78 is 13.5. The Bertz CT molecular complexity index is 1080. The Morgan fingerprint density at radius 3 is 2.69 bits per heavy atom. The lowest BCUT2D eigenvalue weighted by Crippen LogP contribution is -2.15. The van der Waals surface area contributed by atoms with Gasteiger partial charge in [0.1, 0.15) is 6.61 Å². The number of nitrogens with one attached hydrogen (secondary N) is 1. The molecule has 0 bridgehead atoms. The van der Waals surface area contributed by atoms with Crippen molar-refractivity contribution in [2.75, 3.05) is 17.7 Å².